The van der Waals surface area contributed by atoms with Gasteiger partial charge in [-0.15, -0.1) is 0 Å². The first-order valence-corrected chi connectivity index (χ1v) is 11.0. The lowest BCUT2D eigenvalue weighted by atomic mass is 9.95. The summed E-state index contributed by atoms with van der Waals surface area (Å²) in [6.45, 7) is 6.00. The fourth-order valence-electron chi connectivity index (χ4n) is 4.35. The standard InChI is InChI=1S/C20H33N5O6/c1-14(19(28)30-2)22-17(26)16-13-24(18(27)15-3-5-21-6-4-15)7-8-25(16)20(29)23-9-11-31-12-10-23/h14-16,21H,3-13H2,1-2H3,(H,22,26)/p+1/t14-,16+/m1/s1. The third kappa shape index (κ3) is 5.65. The summed E-state index contributed by atoms with van der Waals surface area (Å²) < 4.78 is 10.0. The van der Waals surface area contributed by atoms with Gasteiger partial charge in [-0.25, -0.2) is 9.59 Å². The van der Waals surface area contributed by atoms with E-state index in [9.17, 15) is 19.2 Å². The monoisotopic (exact) mass is 440 g/mol. The van der Waals surface area contributed by atoms with Crippen molar-refractivity contribution in [2.45, 2.75) is 31.8 Å². The molecule has 3 aliphatic heterocycles. The molecule has 4 amide bonds. The Bertz CT molecular complexity index is 677. The van der Waals surface area contributed by atoms with Gasteiger partial charge in [0.1, 0.15) is 12.1 Å². The van der Waals surface area contributed by atoms with Crippen molar-refractivity contribution in [3.8, 4) is 0 Å². The van der Waals surface area contributed by atoms with Crippen molar-refractivity contribution in [3.63, 3.8) is 0 Å². The number of esters is 1. The first kappa shape index (κ1) is 23.3. The van der Waals surface area contributed by atoms with Crippen LogP contribution >= 0.6 is 0 Å². The van der Waals surface area contributed by atoms with Crippen molar-refractivity contribution in [2.24, 2.45) is 5.92 Å². The summed E-state index contributed by atoms with van der Waals surface area (Å²) in [5, 5.41) is 4.84. The number of piperidine rings is 1. The lowest BCUT2D eigenvalue weighted by Gasteiger charge is -2.44. The highest BCUT2D eigenvalue weighted by atomic mass is 16.5. The molecule has 31 heavy (non-hydrogen) atoms. The van der Waals surface area contributed by atoms with Crippen molar-refractivity contribution in [1.29, 1.82) is 0 Å². The summed E-state index contributed by atoms with van der Waals surface area (Å²) in [7, 11) is 1.25. The van der Waals surface area contributed by atoms with Crippen LogP contribution in [0.3, 0.4) is 0 Å². The molecule has 174 valence electrons. The number of carbonyl (C=O) groups is 4. The van der Waals surface area contributed by atoms with Gasteiger partial charge in [0.15, 0.2) is 0 Å². The maximum absolute atomic E-state index is 13.1. The quantitative estimate of drug-likeness (QED) is 0.470. The molecule has 0 bridgehead atoms. The van der Waals surface area contributed by atoms with E-state index in [-0.39, 0.29) is 30.9 Å². The summed E-state index contributed by atoms with van der Waals surface area (Å²) in [6.07, 6.45) is 1.64. The summed E-state index contributed by atoms with van der Waals surface area (Å²) in [6, 6.07) is -1.96. The highest BCUT2D eigenvalue weighted by Gasteiger charge is 2.41. The summed E-state index contributed by atoms with van der Waals surface area (Å²) in [4.78, 5) is 55.9. The van der Waals surface area contributed by atoms with Gasteiger partial charge in [-0.05, 0) is 6.92 Å². The average Bonchev–Trinajstić information content (AvgIpc) is 2.83. The third-order valence-electron chi connectivity index (χ3n) is 6.22. The maximum Gasteiger partial charge on any atom is 0.328 e. The van der Waals surface area contributed by atoms with Crippen LogP contribution in [-0.2, 0) is 23.9 Å². The van der Waals surface area contributed by atoms with E-state index in [0.29, 0.717) is 32.8 Å². The van der Waals surface area contributed by atoms with E-state index in [1.165, 1.54) is 18.9 Å². The summed E-state index contributed by atoms with van der Waals surface area (Å²) in [5.41, 5.74) is 0. The fourth-order valence-corrected chi connectivity index (χ4v) is 4.35. The van der Waals surface area contributed by atoms with Crippen molar-refractivity contribution < 1.29 is 34.0 Å². The highest BCUT2D eigenvalue weighted by Crippen LogP contribution is 2.19. The van der Waals surface area contributed by atoms with Crippen molar-refractivity contribution >= 4 is 23.8 Å². The first-order valence-electron chi connectivity index (χ1n) is 11.0. The van der Waals surface area contributed by atoms with Gasteiger partial charge in [0.2, 0.25) is 11.8 Å². The Kier molecular flexibility index (Phi) is 8.08. The number of carbonyl (C=O) groups excluding carboxylic acids is 4. The number of nitrogens with one attached hydrogen (secondary N) is 1. The average molecular weight is 441 g/mol. The number of amides is 4. The van der Waals surface area contributed by atoms with E-state index >= 15 is 0 Å². The number of nitrogens with two attached hydrogens (primary N) is 1. The number of hydrogen-bond acceptors (Lipinski definition) is 6. The predicted molar refractivity (Wildman–Crippen MR) is 109 cm³/mol. The normalized spacial score (nSPS) is 23.8. The molecule has 0 aromatic rings. The van der Waals surface area contributed by atoms with E-state index < -0.39 is 24.0 Å². The number of rotatable bonds is 4. The maximum atomic E-state index is 13.1. The van der Waals surface area contributed by atoms with Crippen LogP contribution in [0.4, 0.5) is 4.79 Å². The largest absolute Gasteiger partial charge is 0.467 e. The van der Waals surface area contributed by atoms with E-state index in [1.54, 1.807) is 9.80 Å². The van der Waals surface area contributed by atoms with Crippen LogP contribution in [0.1, 0.15) is 19.8 Å². The van der Waals surface area contributed by atoms with Crippen LogP contribution in [0, 0.1) is 5.92 Å². The number of piperazine rings is 1. The molecule has 2 atom stereocenters. The second kappa shape index (κ2) is 10.8. The Morgan fingerprint density at radius 2 is 1.71 bits per heavy atom. The number of morpholine rings is 1. The van der Waals surface area contributed by atoms with Crippen LogP contribution in [0.2, 0.25) is 0 Å². The Labute approximate surface area is 182 Å². The molecule has 3 heterocycles. The molecule has 0 saturated carbocycles. The van der Waals surface area contributed by atoms with E-state index in [4.69, 9.17) is 4.74 Å². The van der Waals surface area contributed by atoms with Crippen LogP contribution in [0.5, 0.6) is 0 Å². The minimum absolute atomic E-state index is 0.0378. The molecule has 3 N–H and O–H groups in total. The Morgan fingerprint density at radius 1 is 1.03 bits per heavy atom. The molecule has 3 rings (SSSR count). The van der Waals surface area contributed by atoms with Crippen molar-refractivity contribution in [2.75, 3.05) is 66.1 Å². The molecule has 0 radical (unpaired) electrons. The number of ether oxygens (including phenoxy) is 2. The topological polar surface area (TPSA) is 125 Å². The van der Waals surface area contributed by atoms with Gasteiger partial charge in [0.05, 0.1) is 40.0 Å². The predicted octanol–water partition coefficient (Wildman–Crippen LogP) is -2.40. The van der Waals surface area contributed by atoms with Crippen LogP contribution < -0.4 is 10.6 Å². The van der Waals surface area contributed by atoms with Gasteiger partial charge in [-0.3, -0.25) is 9.59 Å². The van der Waals surface area contributed by atoms with Crippen LogP contribution in [0.25, 0.3) is 0 Å². The molecule has 3 saturated heterocycles. The number of quaternary nitrogens is 1. The van der Waals surface area contributed by atoms with Gasteiger partial charge in [0.25, 0.3) is 0 Å². The van der Waals surface area contributed by atoms with Gasteiger partial charge in [-0.1, -0.05) is 0 Å². The number of nitrogens with zero attached hydrogens (tertiary/aromatic N) is 3. The molecular formula is C20H34N5O6+. The van der Waals surface area contributed by atoms with E-state index in [2.05, 4.69) is 15.4 Å². The van der Waals surface area contributed by atoms with Crippen molar-refractivity contribution in [3.05, 3.63) is 0 Å². The SMILES string of the molecule is COC(=O)[C@@H](C)NC(=O)[C@@H]1CN(C(=O)C2CC[NH2+]CC2)CCN1C(=O)N1CCOCC1. The molecule has 11 nitrogen and oxygen atoms in total. The molecule has 0 aliphatic carbocycles. The molecular weight excluding hydrogens is 406 g/mol. The first-order chi connectivity index (χ1) is 14.9. The number of methoxy groups -OCH3 is 1. The molecule has 3 fully saturated rings. The minimum atomic E-state index is -0.865. The zero-order chi connectivity index (χ0) is 22.4. The van der Waals surface area contributed by atoms with Crippen LogP contribution in [0.15, 0.2) is 0 Å². The Morgan fingerprint density at radius 3 is 2.35 bits per heavy atom. The number of urea groups is 1. The van der Waals surface area contributed by atoms with E-state index in [0.717, 1.165) is 25.9 Å². The minimum Gasteiger partial charge on any atom is -0.467 e. The second-order valence-electron chi connectivity index (χ2n) is 8.27. The zero-order valence-electron chi connectivity index (χ0n) is 18.4. The smallest absolute Gasteiger partial charge is 0.328 e. The summed E-state index contributed by atoms with van der Waals surface area (Å²) in [5.74, 6) is -1.02. The van der Waals surface area contributed by atoms with Gasteiger partial charge < -0.3 is 34.8 Å². The fraction of sp³-hybridized carbons (Fsp3) is 0.800. The molecule has 0 aromatic carbocycles. The van der Waals surface area contributed by atoms with Crippen LogP contribution in [-0.4, -0.2) is 117 Å². The molecule has 0 aromatic heterocycles. The molecule has 0 unspecified atom stereocenters. The second-order valence-corrected chi connectivity index (χ2v) is 8.27. The van der Waals surface area contributed by atoms with Crippen molar-refractivity contribution in [1.82, 2.24) is 20.0 Å². The Balaban J connectivity index is 1.73. The number of hydrogen-bond donors (Lipinski definition) is 2. The third-order valence-corrected chi connectivity index (χ3v) is 6.22. The molecule has 3 aliphatic rings. The van der Waals surface area contributed by atoms with Gasteiger partial charge in [-0.2, -0.15) is 0 Å². The Hall–Kier alpha value is -2.40. The van der Waals surface area contributed by atoms with Gasteiger partial charge in [0, 0.05) is 44.9 Å². The van der Waals surface area contributed by atoms with E-state index in [1.807, 2.05) is 0 Å². The van der Waals surface area contributed by atoms with Gasteiger partial charge >= 0.3 is 12.0 Å². The summed E-state index contributed by atoms with van der Waals surface area (Å²) >= 11 is 0. The highest BCUT2D eigenvalue weighted by molar-refractivity contribution is 5.91. The zero-order valence-corrected chi connectivity index (χ0v) is 18.4. The lowest BCUT2D eigenvalue weighted by Crippen LogP contribution is -2.86. The molecule has 0 spiro atoms. The lowest BCUT2D eigenvalue weighted by molar-refractivity contribution is -0.664. The molecule has 11 heteroatoms.